The predicted molar refractivity (Wildman–Crippen MR) is 67.4 cm³/mol. The van der Waals surface area contributed by atoms with Gasteiger partial charge in [-0.3, -0.25) is 14.9 Å². The molecule has 6 heteroatoms. The lowest BCUT2D eigenvalue weighted by Crippen LogP contribution is -2.25. The van der Waals surface area contributed by atoms with Gasteiger partial charge in [-0.1, -0.05) is 11.6 Å². The second-order valence-electron chi connectivity index (χ2n) is 3.96. The molecule has 2 rings (SSSR count). The molecule has 1 unspecified atom stereocenters. The van der Waals surface area contributed by atoms with Crippen molar-refractivity contribution < 1.29 is 9.72 Å². The molecule has 1 atom stereocenters. The number of terminal acetylenes is 1. The third kappa shape index (κ3) is 2.15. The monoisotopic (exact) mass is 264 g/mol. The molecule has 0 aliphatic carbocycles. The number of amides is 1. The van der Waals surface area contributed by atoms with E-state index in [0.29, 0.717) is 5.02 Å². The van der Waals surface area contributed by atoms with E-state index in [2.05, 4.69) is 5.92 Å². The molecule has 1 aliphatic rings. The van der Waals surface area contributed by atoms with Crippen molar-refractivity contribution in [2.45, 2.75) is 6.42 Å². The van der Waals surface area contributed by atoms with Crippen LogP contribution in [0.4, 0.5) is 11.4 Å². The van der Waals surface area contributed by atoms with E-state index in [1.165, 1.54) is 23.1 Å². The number of carbonyl (C=O) groups excluding carboxylic acids is 1. The summed E-state index contributed by atoms with van der Waals surface area (Å²) in [5, 5.41) is 11.3. The van der Waals surface area contributed by atoms with Gasteiger partial charge in [0.05, 0.1) is 4.92 Å². The lowest BCUT2D eigenvalue weighted by Gasteiger charge is -2.16. The number of anilines is 1. The molecule has 0 aromatic heterocycles. The Balaban J connectivity index is 2.45. The summed E-state index contributed by atoms with van der Waals surface area (Å²) in [5.41, 5.74) is 0.0562. The van der Waals surface area contributed by atoms with Crippen molar-refractivity contribution in [3.8, 4) is 12.3 Å². The fourth-order valence-corrected chi connectivity index (χ4v) is 2.09. The van der Waals surface area contributed by atoms with Gasteiger partial charge in [-0.05, 0) is 12.1 Å². The van der Waals surface area contributed by atoms with Crippen LogP contribution < -0.4 is 4.90 Å². The smallest absolute Gasteiger partial charge is 0.293 e. The first-order valence-corrected chi connectivity index (χ1v) is 5.61. The fraction of sp³-hybridized carbons (Fsp3) is 0.250. The van der Waals surface area contributed by atoms with Gasteiger partial charge in [0, 0.05) is 30.0 Å². The van der Waals surface area contributed by atoms with E-state index in [9.17, 15) is 14.9 Å². The number of nitrogens with zero attached hydrogens (tertiary/aromatic N) is 2. The first kappa shape index (κ1) is 12.4. The normalized spacial score (nSPS) is 18.8. The molecule has 92 valence electrons. The van der Waals surface area contributed by atoms with Crippen LogP contribution in [0.15, 0.2) is 18.2 Å². The summed E-state index contributed by atoms with van der Waals surface area (Å²) in [4.78, 5) is 23.5. The Morgan fingerprint density at radius 1 is 1.56 bits per heavy atom. The number of rotatable bonds is 2. The first-order valence-electron chi connectivity index (χ1n) is 5.23. The molecule has 0 spiro atoms. The van der Waals surface area contributed by atoms with Crippen LogP contribution in [-0.2, 0) is 4.79 Å². The average molecular weight is 265 g/mol. The van der Waals surface area contributed by atoms with Crippen LogP contribution in [0.5, 0.6) is 0 Å². The van der Waals surface area contributed by atoms with Crippen molar-refractivity contribution in [2.75, 3.05) is 11.4 Å². The summed E-state index contributed by atoms with van der Waals surface area (Å²) < 4.78 is 0. The number of carbonyl (C=O) groups is 1. The Kier molecular flexibility index (Phi) is 3.21. The lowest BCUT2D eigenvalue weighted by atomic mass is 10.1. The molecule has 18 heavy (non-hydrogen) atoms. The van der Waals surface area contributed by atoms with Gasteiger partial charge in [-0.25, -0.2) is 0 Å². The lowest BCUT2D eigenvalue weighted by molar-refractivity contribution is -0.384. The molecule has 1 aromatic carbocycles. The highest BCUT2D eigenvalue weighted by Gasteiger charge is 2.33. The van der Waals surface area contributed by atoms with Crippen molar-refractivity contribution >= 4 is 28.9 Å². The Hall–Kier alpha value is -2.06. The molecule has 5 nitrogen and oxygen atoms in total. The van der Waals surface area contributed by atoms with E-state index in [1.54, 1.807) is 0 Å². The molecular formula is C12H9ClN2O3. The van der Waals surface area contributed by atoms with Crippen LogP contribution in [0.2, 0.25) is 5.02 Å². The van der Waals surface area contributed by atoms with Crippen LogP contribution in [0.25, 0.3) is 0 Å². The van der Waals surface area contributed by atoms with Gasteiger partial charge in [-0.2, -0.15) is 0 Å². The predicted octanol–water partition coefficient (Wildman–Crippen LogP) is 2.23. The summed E-state index contributed by atoms with van der Waals surface area (Å²) in [6.45, 7) is 0.288. The quantitative estimate of drug-likeness (QED) is 0.467. The number of hydrogen-bond acceptors (Lipinski definition) is 3. The summed E-state index contributed by atoms with van der Waals surface area (Å²) in [7, 11) is 0. The van der Waals surface area contributed by atoms with Gasteiger partial charge in [0.25, 0.3) is 5.69 Å². The highest BCUT2D eigenvalue weighted by atomic mass is 35.5. The minimum atomic E-state index is -0.540. The molecule has 0 radical (unpaired) electrons. The second kappa shape index (κ2) is 4.67. The Bertz CT molecular complexity index is 565. The molecule has 1 amide bonds. The minimum Gasteiger partial charge on any atom is -0.305 e. The van der Waals surface area contributed by atoms with Crippen LogP contribution in [0, 0.1) is 28.4 Å². The van der Waals surface area contributed by atoms with Gasteiger partial charge in [0.1, 0.15) is 5.69 Å². The molecule has 0 N–H and O–H groups in total. The average Bonchev–Trinajstić information content (AvgIpc) is 2.70. The number of benzene rings is 1. The zero-order valence-corrected chi connectivity index (χ0v) is 10.1. The second-order valence-corrected chi connectivity index (χ2v) is 4.40. The standard InChI is InChI=1S/C12H9ClN2O3/c1-2-8-5-12(16)14(7-8)11-6-9(13)3-4-10(11)15(17)18/h1,3-4,6,8H,5,7H2. The summed E-state index contributed by atoms with van der Waals surface area (Å²) in [5.74, 6) is 2.06. The zero-order chi connectivity index (χ0) is 13.3. The molecule has 1 fully saturated rings. The molecule has 1 heterocycles. The fourth-order valence-electron chi connectivity index (χ4n) is 1.92. The molecule has 1 aromatic rings. The largest absolute Gasteiger partial charge is 0.305 e. The number of halogens is 1. The third-order valence-electron chi connectivity index (χ3n) is 2.79. The van der Waals surface area contributed by atoms with E-state index in [-0.39, 0.29) is 36.2 Å². The van der Waals surface area contributed by atoms with Crippen molar-refractivity contribution in [3.05, 3.63) is 33.3 Å². The number of nitro groups is 1. The summed E-state index contributed by atoms with van der Waals surface area (Å²) in [6.07, 6.45) is 5.48. The first-order chi connectivity index (χ1) is 8.52. The van der Waals surface area contributed by atoms with E-state index >= 15 is 0 Å². The van der Waals surface area contributed by atoms with Gasteiger partial charge in [0.15, 0.2) is 0 Å². The van der Waals surface area contributed by atoms with Crippen LogP contribution in [0.1, 0.15) is 6.42 Å². The van der Waals surface area contributed by atoms with Gasteiger partial charge in [0.2, 0.25) is 5.91 Å². The molecule has 1 saturated heterocycles. The van der Waals surface area contributed by atoms with Crippen molar-refractivity contribution in [1.82, 2.24) is 0 Å². The van der Waals surface area contributed by atoms with Crippen molar-refractivity contribution in [1.29, 1.82) is 0 Å². The van der Waals surface area contributed by atoms with Gasteiger partial charge >= 0.3 is 0 Å². The zero-order valence-electron chi connectivity index (χ0n) is 9.30. The molecule has 0 bridgehead atoms. The highest BCUT2D eigenvalue weighted by Crippen LogP contribution is 2.34. The molecule has 1 aliphatic heterocycles. The maximum Gasteiger partial charge on any atom is 0.293 e. The van der Waals surface area contributed by atoms with Crippen LogP contribution >= 0.6 is 11.6 Å². The van der Waals surface area contributed by atoms with Crippen LogP contribution in [0.3, 0.4) is 0 Å². The summed E-state index contributed by atoms with van der Waals surface area (Å²) >= 11 is 5.82. The summed E-state index contributed by atoms with van der Waals surface area (Å²) in [6, 6.07) is 4.12. The van der Waals surface area contributed by atoms with Gasteiger partial charge < -0.3 is 4.90 Å². The maximum absolute atomic E-state index is 11.8. The SMILES string of the molecule is C#CC1CC(=O)N(c2cc(Cl)ccc2[N+](=O)[O-])C1. The Morgan fingerprint density at radius 2 is 2.28 bits per heavy atom. The number of nitro benzene ring substituents is 1. The Labute approximate surface area is 108 Å². The van der Waals surface area contributed by atoms with E-state index in [0.717, 1.165) is 0 Å². The van der Waals surface area contributed by atoms with Crippen molar-refractivity contribution in [2.24, 2.45) is 5.92 Å². The Morgan fingerprint density at radius 3 is 2.83 bits per heavy atom. The van der Waals surface area contributed by atoms with E-state index < -0.39 is 4.92 Å². The molecular weight excluding hydrogens is 256 g/mol. The van der Waals surface area contributed by atoms with Crippen molar-refractivity contribution in [3.63, 3.8) is 0 Å². The third-order valence-corrected chi connectivity index (χ3v) is 3.02. The van der Waals surface area contributed by atoms with E-state index in [4.69, 9.17) is 18.0 Å². The van der Waals surface area contributed by atoms with E-state index in [1.807, 2.05) is 0 Å². The minimum absolute atomic E-state index is 0.148. The maximum atomic E-state index is 11.8. The highest BCUT2D eigenvalue weighted by molar-refractivity contribution is 6.31. The molecule has 0 saturated carbocycles. The van der Waals surface area contributed by atoms with Crippen LogP contribution in [-0.4, -0.2) is 17.4 Å². The van der Waals surface area contributed by atoms with Gasteiger partial charge in [-0.15, -0.1) is 12.3 Å². The topological polar surface area (TPSA) is 63.5 Å². The number of hydrogen-bond donors (Lipinski definition) is 0.